The van der Waals surface area contributed by atoms with E-state index in [-0.39, 0.29) is 0 Å². The van der Waals surface area contributed by atoms with E-state index < -0.39 is 11.8 Å². The lowest BCUT2D eigenvalue weighted by molar-refractivity contribution is -0.136. The van der Waals surface area contributed by atoms with E-state index in [0.29, 0.717) is 18.2 Å². The molecular formula is C15H22N2O2. The Bertz CT molecular complexity index is 467. The van der Waals surface area contributed by atoms with Gasteiger partial charge in [0.1, 0.15) is 0 Å². The molecule has 0 saturated carbocycles. The lowest BCUT2D eigenvalue weighted by atomic mass is 10.1. The Kier molecular flexibility index (Phi) is 5.55. The number of anilines is 1. The maximum atomic E-state index is 11.7. The van der Waals surface area contributed by atoms with Crippen LogP contribution in [0.15, 0.2) is 18.2 Å². The van der Waals surface area contributed by atoms with Gasteiger partial charge in [0.15, 0.2) is 0 Å². The zero-order valence-corrected chi connectivity index (χ0v) is 12.0. The van der Waals surface area contributed by atoms with Gasteiger partial charge in [-0.1, -0.05) is 31.5 Å². The minimum absolute atomic E-state index is 0.503. The van der Waals surface area contributed by atoms with Crippen molar-refractivity contribution in [2.75, 3.05) is 11.9 Å². The molecule has 0 unspecified atom stereocenters. The summed E-state index contributed by atoms with van der Waals surface area (Å²) in [6.45, 7) is 8.55. The van der Waals surface area contributed by atoms with Crippen molar-refractivity contribution in [3.05, 3.63) is 29.3 Å². The summed E-state index contributed by atoms with van der Waals surface area (Å²) in [7, 11) is 0. The molecule has 1 rings (SSSR count). The highest BCUT2D eigenvalue weighted by Crippen LogP contribution is 2.15. The van der Waals surface area contributed by atoms with Gasteiger partial charge in [0, 0.05) is 12.2 Å². The van der Waals surface area contributed by atoms with E-state index in [2.05, 4.69) is 24.5 Å². The summed E-state index contributed by atoms with van der Waals surface area (Å²) in [5, 5.41) is 5.24. The summed E-state index contributed by atoms with van der Waals surface area (Å²) in [5.74, 6) is -0.695. The van der Waals surface area contributed by atoms with E-state index in [4.69, 9.17) is 0 Å². The van der Waals surface area contributed by atoms with Crippen molar-refractivity contribution < 1.29 is 9.59 Å². The summed E-state index contributed by atoms with van der Waals surface area (Å²) in [5.41, 5.74) is 2.75. The zero-order chi connectivity index (χ0) is 14.4. The summed E-state index contributed by atoms with van der Waals surface area (Å²) in [6, 6.07) is 5.68. The number of aryl methyl sites for hydroxylation is 2. The smallest absolute Gasteiger partial charge is 0.313 e. The zero-order valence-electron chi connectivity index (χ0n) is 12.0. The fourth-order valence-corrected chi connectivity index (χ4v) is 1.69. The summed E-state index contributed by atoms with van der Waals surface area (Å²) in [4.78, 5) is 23.3. The fourth-order valence-electron chi connectivity index (χ4n) is 1.69. The van der Waals surface area contributed by atoms with Gasteiger partial charge in [0.2, 0.25) is 0 Å². The number of amides is 2. The largest absolute Gasteiger partial charge is 0.348 e. The van der Waals surface area contributed by atoms with Gasteiger partial charge in [0.05, 0.1) is 0 Å². The maximum Gasteiger partial charge on any atom is 0.313 e. The van der Waals surface area contributed by atoms with Gasteiger partial charge >= 0.3 is 11.8 Å². The first-order valence-electron chi connectivity index (χ1n) is 6.56. The van der Waals surface area contributed by atoms with Crippen molar-refractivity contribution in [2.24, 2.45) is 5.92 Å². The second-order valence-corrected chi connectivity index (χ2v) is 5.21. The first-order valence-corrected chi connectivity index (χ1v) is 6.56. The second kappa shape index (κ2) is 6.92. The lowest BCUT2D eigenvalue weighted by Gasteiger charge is -2.10. The van der Waals surface area contributed by atoms with Crippen molar-refractivity contribution in [2.45, 2.75) is 34.1 Å². The molecule has 0 radical (unpaired) electrons. The third-order valence-corrected chi connectivity index (χ3v) is 2.84. The van der Waals surface area contributed by atoms with Crippen LogP contribution in [-0.2, 0) is 9.59 Å². The number of rotatable bonds is 4. The van der Waals surface area contributed by atoms with E-state index in [1.54, 1.807) is 0 Å². The molecule has 2 amide bonds. The number of carbonyl (C=O) groups is 2. The first kappa shape index (κ1) is 15.2. The van der Waals surface area contributed by atoms with Gasteiger partial charge in [-0.15, -0.1) is 0 Å². The maximum absolute atomic E-state index is 11.7. The molecule has 4 nitrogen and oxygen atoms in total. The number of hydrogen-bond donors (Lipinski definition) is 2. The molecule has 0 bridgehead atoms. The molecular weight excluding hydrogens is 240 g/mol. The van der Waals surface area contributed by atoms with Crippen molar-refractivity contribution >= 4 is 17.5 Å². The van der Waals surface area contributed by atoms with Crippen molar-refractivity contribution in [3.8, 4) is 0 Å². The van der Waals surface area contributed by atoms with Crippen LogP contribution >= 0.6 is 0 Å². The number of carbonyl (C=O) groups excluding carboxylic acids is 2. The topological polar surface area (TPSA) is 58.2 Å². The van der Waals surface area contributed by atoms with Crippen molar-refractivity contribution in [1.82, 2.24) is 5.32 Å². The van der Waals surface area contributed by atoms with E-state index in [0.717, 1.165) is 17.5 Å². The molecule has 0 aliphatic heterocycles. The Hall–Kier alpha value is -1.84. The van der Waals surface area contributed by atoms with Gasteiger partial charge in [-0.2, -0.15) is 0 Å². The van der Waals surface area contributed by atoms with E-state index >= 15 is 0 Å². The third-order valence-electron chi connectivity index (χ3n) is 2.84. The molecule has 0 aliphatic carbocycles. The normalized spacial score (nSPS) is 10.4. The number of benzene rings is 1. The van der Waals surface area contributed by atoms with E-state index in [1.807, 2.05) is 32.0 Å². The molecule has 2 N–H and O–H groups in total. The average Bonchev–Trinajstić information content (AvgIpc) is 2.32. The van der Waals surface area contributed by atoms with Gasteiger partial charge in [-0.25, -0.2) is 0 Å². The molecule has 1 aromatic rings. The van der Waals surface area contributed by atoms with Crippen molar-refractivity contribution in [3.63, 3.8) is 0 Å². The number of nitrogens with one attached hydrogen (secondary N) is 2. The van der Waals surface area contributed by atoms with Crippen LogP contribution in [0.5, 0.6) is 0 Å². The predicted molar refractivity (Wildman–Crippen MR) is 77.0 cm³/mol. The molecule has 19 heavy (non-hydrogen) atoms. The highest BCUT2D eigenvalue weighted by Gasteiger charge is 2.14. The molecule has 104 valence electrons. The molecule has 0 spiro atoms. The van der Waals surface area contributed by atoms with Gasteiger partial charge < -0.3 is 10.6 Å². The Morgan fingerprint density at radius 2 is 1.84 bits per heavy atom. The van der Waals surface area contributed by atoms with Crippen LogP contribution in [0, 0.1) is 19.8 Å². The Labute approximate surface area is 114 Å². The molecule has 0 heterocycles. The van der Waals surface area contributed by atoms with Crippen LogP contribution in [0.2, 0.25) is 0 Å². The summed E-state index contributed by atoms with van der Waals surface area (Å²) < 4.78 is 0. The van der Waals surface area contributed by atoms with Gasteiger partial charge in [0.25, 0.3) is 0 Å². The summed E-state index contributed by atoms with van der Waals surface area (Å²) in [6.07, 6.45) is 0.864. The van der Waals surface area contributed by atoms with Crippen LogP contribution < -0.4 is 10.6 Å². The van der Waals surface area contributed by atoms with Crippen LogP contribution in [-0.4, -0.2) is 18.4 Å². The van der Waals surface area contributed by atoms with Crippen LogP contribution in [0.25, 0.3) is 0 Å². The Morgan fingerprint density at radius 1 is 1.16 bits per heavy atom. The molecule has 0 aliphatic rings. The molecule has 0 saturated heterocycles. The molecule has 0 aromatic heterocycles. The SMILES string of the molecule is Cc1ccc(NC(=O)C(=O)NCCC(C)C)c(C)c1. The van der Waals surface area contributed by atoms with Gasteiger partial charge in [-0.05, 0) is 37.8 Å². The van der Waals surface area contributed by atoms with Crippen LogP contribution in [0.4, 0.5) is 5.69 Å². The first-order chi connectivity index (χ1) is 8.90. The predicted octanol–water partition coefficient (Wildman–Crippen LogP) is 2.40. The monoisotopic (exact) mass is 262 g/mol. The molecule has 1 aromatic carbocycles. The Balaban J connectivity index is 2.52. The Morgan fingerprint density at radius 3 is 2.42 bits per heavy atom. The second-order valence-electron chi connectivity index (χ2n) is 5.21. The standard InChI is InChI=1S/C15H22N2O2/c1-10(2)7-8-16-14(18)15(19)17-13-6-5-11(3)9-12(13)4/h5-6,9-10H,7-8H2,1-4H3,(H,16,18)(H,17,19). The highest BCUT2D eigenvalue weighted by atomic mass is 16.2. The average molecular weight is 262 g/mol. The van der Waals surface area contributed by atoms with E-state index in [9.17, 15) is 9.59 Å². The van der Waals surface area contributed by atoms with E-state index in [1.165, 1.54) is 0 Å². The van der Waals surface area contributed by atoms with Crippen molar-refractivity contribution in [1.29, 1.82) is 0 Å². The van der Waals surface area contributed by atoms with Crippen LogP contribution in [0.1, 0.15) is 31.4 Å². The minimum Gasteiger partial charge on any atom is -0.348 e. The minimum atomic E-state index is -0.615. The summed E-state index contributed by atoms with van der Waals surface area (Å²) >= 11 is 0. The third kappa shape index (κ3) is 5.12. The van der Waals surface area contributed by atoms with Gasteiger partial charge in [-0.3, -0.25) is 9.59 Å². The lowest BCUT2D eigenvalue weighted by Crippen LogP contribution is -2.36. The molecule has 0 fully saturated rings. The molecule has 0 atom stereocenters. The number of hydrogen-bond acceptors (Lipinski definition) is 2. The quantitative estimate of drug-likeness (QED) is 0.819. The fraction of sp³-hybridized carbons (Fsp3) is 0.467. The molecule has 4 heteroatoms. The van der Waals surface area contributed by atoms with Crippen LogP contribution in [0.3, 0.4) is 0 Å². The highest BCUT2D eigenvalue weighted by molar-refractivity contribution is 6.39.